The Morgan fingerprint density at radius 2 is 1.97 bits per heavy atom. The minimum atomic E-state index is 0. The number of hydrogen-bond donors (Lipinski definition) is 1. The van der Waals surface area contributed by atoms with Crippen LogP contribution in [0.4, 0.5) is 0 Å². The molecule has 31 heavy (non-hydrogen) atoms. The summed E-state index contributed by atoms with van der Waals surface area (Å²) >= 11 is 2.07. The molecule has 2 atom stereocenters. The SMILES string of the molecule is CCC1CN(C(=NC)NCC(c2ccc(OC)c(OC)c2)N2CCOCC2)CCS1.I. The van der Waals surface area contributed by atoms with Crippen LogP contribution in [0.25, 0.3) is 0 Å². The first kappa shape index (κ1) is 26.3. The fourth-order valence-corrected chi connectivity index (χ4v) is 5.27. The maximum Gasteiger partial charge on any atom is 0.193 e. The number of halogens is 1. The molecule has 0 radical (unpaired) electrons. The van der Waals surface area contributed by atoms with Crippen molar-refractivity contribution in [3.05, 3.63) is 23.8 Å². The van der Waals surface area contributed by atoms with E-state index in [1.165, 1.54) is 12.0 Å². The van der Waals surface area contributed by atoms with Gasteiger partial charge in [-0.1, -0.05) is 13.0 Å². The maximum absolute atomic E-state index is 5.59. The molecule has 0 amide bonds. The third-order valence-corrected chi connectivity index (χ3v) is 7.21. The monoisotopic (exact) mass is 564 g/mol. The predicted molar refractivity (Wildman–Crippen MR) is 140 cm³/mol. The Morgan fingerprint density at radius 1 is 1.23 bits per heavy atom. The van der Waals surface area contributed by atoms with E-state index in [1.807, 2.05) is 13.1 Å². The third kappa shape index (κ3) is 7.03. The van der Waals surface area contributed by atoms with Crippen molar-refractivity contribution in [1.82, 2.24) is 15.1 Å². The second kappa shape index (κ2) is 13.6. The van der Waals surface area contributed by atoms with Gasteiger partial charge in [0, 0.05) is 50.8 Å². The molecule has 0 saturated carbocycles. The number of aliphatic imine (C=N–C) groups is 1. The molecule has 2 saturated heterocycles. The standard InChI is InChI=1S/C22H36N4O3S.HI/c1-5-18-16-26(10-13-30-18)22(23-2)24-15-19(25-8-11-29-12-9-25)17-6-7-20(27-3)21(14-17)28-4;/h6-7,14,18-19H,5,8-13,15-16H2,1-4H3,(H,23,24);1H. The summed E-state index contributed by atoms with van der Waals surface area (Å²) in [7, 11) is 5.23. The van der Waals surface area contributed by atoms with Gasteiger partial charge in [-0.25, -0.2) is 0 Å². The average molecular weight is 565 g/mol. The van der Waals surface area contributed by atoms with Gasteiger partial charge in [0.2, 0.25) is 0 Å². The van der Waals surface area contributed by atoms with E-state index in [4.69, 9.17) is 14.2 Å². The Kier molecular flexibility index (Phi) is 11.6. The number of guanidine groups is 1. The number of hydrogen-bond acceptors (Lipinski definition) is 6. The van der Waals surface area contributed by atoms with Gasteiger partial charge in [0.15, 0.2) is 17.5 Å². The van der Waals surface area contributed by atoms with Crippen molar-refractivity contribution in [2.24, 2.45) is 4.99 Å². The fourth-order valence-electron chi connectivity index (χ4n) is 4.09. The van der Waals surface area contributed by atoms with Crippen molar-refractivity contribution >= 4 is 41.7 Å². The summed E-state index contributed by atoms with van der Waals surface area (Å²) in [4.78, 5) is 9.46. The Balaban J connectivity index is 0.00000341. The van der Waals surface area contributed by atoms with Gasteiger partial charge in [-0.05, 0) is 24.1 Å². The molecule has 2 fully saturated rings. The Bertz CT molecular complexity index is 703. The molecule has 2 aliphatic rings. The lowest BCUT2D eigenvalue weighted by atomic mass is 10.0. The first-order chi connectivity index (χ1) is 14.7. The van der Waals surface area contributed by atoms with Gasteiger partial charge in [-0.2, -0.15) is 11.8 Å². The predicted octanol–water partition coefficient (Wildman–Crippen LogP) is 3.10. The number of benzene rings is 1. The summed E-state index contributed by atoms with van der Waals surface area (Å²) in [5, 5.41) is 4.34. The molecular weight excluding hydrogens is 527 g/mol. The lowest BCUT2D eigenvalue weighted by molar-refractivity contribution is 0.0168. The number of methoxy groups -OCH3 is 2. The maximum atomic E-state index is 5.59. The van der Waals surface area contributed by atoms with Crippen molar-refractivity contribution < 1.29 is 14.2 Å². The van der Waals surface area contributed by atoms with Gasteiger partial charge in [-0.15, -0.1) is 24.0 Å². The number of thioether (sulfide) groups is 1. The molecule has 2 aliphatic heterocycles. The van der Waals surface area contributed by atoms with E-state index in [-0.39, 0.29) is 30.0 Å². The van der Waals surface area contributed by atoms with Gasteiger partial charge in [0.25, 0.3) is 0 Å². The van der Waals surface area contributed by atoms with Gasteiger partial charge >= 0.3 is 0 Å². The van der Waals surface area contributed by atoms with Crippen LogP contribution in [0.2, 0.25) is 0 Å². The summed E-state index contributed by atoms with van der Waals surface area (Å²) in [5.41, 5.74) is 1.21. The second-order valence-electron chi connectivity index (χ2n) is 7.55. The fraction of sp³-hybridized carbons (Fsp3) is 0.682. The first-order valence-electron chi connectivity index (χ1n) is 10.8. The van der Waals surface area contributed by atoms with Crippen LogP contribution in [0, 0.1) is 0 Å². The summed E-state index contributed by atoms with van der Waals surface area (Å²) in [6, 6.07) is 6.42. The lowest BCUT2D eigenvalue weighted by Gasteiger charge is -2.37. The van der Waals surface area contributed by atoms with Crippen LogP contribution in [0.15, 0.2) is 23.2 Å². The molecule has 1 N–H and O–H groups in total. The third-order valence-electron chi connectivity index (χ3n) is 5.84. The van der Waals surface area contributed by atoms with Gasteiger partial charge in [0.05, 0.1) is 33.5 Å². The minimum Gasteiger partial charge on any atom is -0.493 e. The van der Waals surface area contributed by atoms with E-state index in [0.717, 1.165) is 69.1 Å². The molecule has 1 aromatic rings. The number of ether oxygens (including phenoxy) is 3. The molecule has 1 aromatic carbocycles. The van der Waals surface area contributed by atoms with Crippen molar-refractivity contribution in [3.63, 3.8) is 0 Å². The van der Waals surface area contributed by atoms with Gasteiger partial charge in [0.1, 0.15) is 0 Å². The number of nitrogens with one attached hydrogen (secondary N) is 1. The number of rotatable bonds is 7. The normalized spacial score (nSPS) is 21.2. The van der Waals surface area contributed by atoms with Crippen LogP contribution >= 0.6 is 35.7 Å². The highest BCUT2D eigenvalue weighted by Crippen LogP contribution is 2.32. The van der Waals surface area contributed by atoms with E-state index >= 15 is 0 Å². The molecule has 176 valence electrons. The minimum absolute atomic E-state index is 0. The molecule has 0 aliphatic carbocycles. The van der Waals surface area contributed by atoms with Crippen LogP contribution in [-0.4, -0.2) is 94.0 Å². The Hall–Kier alpha value is -0.910. The molecule has 0 bridgehead atoms. The highest BCUT2D eigenvalue weighted by Gasteiger charge is 2.26. The highest BCUT2D eigenvalue weighted by atomic mass is 127. The number of morpholine rings is 1. The Labute approximate surface area is 208 Å². The van der Waals surface area contributed by atoms with E-state index in [9.17, 15) is 0 Å². The summed E-state index contributed by atoms with van der Waals surface area (Å²) in [6.45, 7) is 8.50. The van der Waals surface area contributed by atoms with Crippen molar-refractivity contribution in [1.29, 1.82) is 0 Å². The quantitative estimate of drug-likeness (QED) is 0.311. The molecule has 9 heteroatoms. The van der Waals surface area contributed by atoms with Crippen molar-refractivity contribution in [3.8, 4) is 11.5 Å². The van der Waals surface area contributed by atoms with Crippen LogP contribution in [-0.2, 0) is 4.74 Å². The van der Waals surface area contributed by atoms with Gasteiger partial charge in [-0.3, -0.25) is 9.89 Å². The van der Waals surface area contributed by atoms with Crippen LogP contribution in [0.1, 0.15) is 24.9 Å². The molecule has 7 nitrogen and oxygen atoms in total. The van der Waals surface area contributed by atoms with Crippen molar-refractivity contribution in [2.75, 3.05) is 73.0 Å². The summed E-state index contributed by atoms with van der Waals surface area (Å²) in [6.07, 6.45) is 1.19. The van der Waals surface area contributed by atoms with E-state index in [2.05, 4.69) is 50.9 Å². The van der Waals surface area contributed by atoms with Gasteiger partial charge < -0.3 is 24.4 Å². The molecule has 0 spiro atoms. The molecule has 3 rings (SSSR count). The van der Waals surface area contributed by atoms with E-state index in [0.29, 0.717) is 5.25 Å². The second-order valence-corrected chi connectivity index (χ2v) is 8.96. The smallest absolute Gasteiger partial charge is 0.193 e. The molecular formula is C22H37IN4O3S. The van der Waals surface area contributed by atoms with Crippen molar-refractivity contribution in [2.45, 2.75) is 24.6 Å². The Morgan fingerprint density at radius 3 is 2.61 bits per heavy atom. The zero-order chi connectivity index (χ0) is 21.3. The van der Waals surface area contributed by atoms with Crippen LogP contribution < -0.4 is 14.8 Å². The van der Waals surface area contributed by atoms with Crippen LogP contribution in [0.3, 0.4) is 0 Å². The van der Waals surface area contributed by atoms with Crippen LogP contribution in [0.5, 0.6) is 11.5 Å². The summed E-state index contributed by atoms with van der Waals surface area (Å²) in [5.74, 6) is 3.66. The average Bonchev–Trinajstić information content (AvgIpc) is 2.82. The molecule has 0 aromatic heterocycles. The molecule has 2 unspecified atom stereocenters. The first-order valence-corrected chi connectivity index (χ1v) is 11.9. The summed E-state index contributed by atoms with van der Waals surface area (Å²) < 4.78 is 16.6. The topological polar surface area (TPSA) is 58.6 Å². The largest absolute Gasteiger partial charge is 0.493 e. The zero-order valence-corrected chi connectivity index (χ0v) is 22.3. The molecule has 2 heterocycles. The number of nitrogens with zero attached hydrogens (tertiary/aromatic N) is 3. The zero-order valence-electron chi connectivity index (χ0n) is 19.1. The van der Waals surface area contributed by atoms with E-state index < -0.39 is 0 Å². The van der Waals surface area contributed by atoms with E-state index in [1.54, 1.807) is 14.2 Å². The lowest BCUT2D eigenvalue weighted by Crippen LogP contribution is -2.50. The highest BCUT2D eigenvalue weighted by molar-refractivity contribution is 14.0.